The molecule has 0 unspecified atom stereocenters. The van der Waals surface area contributed by atoms with Crippen molar-refractivity contribution >= 4 is 10.0 Å². The number of benzene rings is 2. The molecule has 25 heavy (non-hydrogen) atoms. The van der Waals surface area contributed by atoms with E-state index in [-0.39, 0.29) is 6.54 Å². The second-order valence-electron chi connectivity index (χ2n) is 5.45. The molecule has 136 valence electrons. The van der Waals surface area contributed by atoms with E-state index in [1.54, 1.807) is 19.1 Å². The van der Waals surface area contributed by atoms with E-state index in [9.17, 15) is 17.2 Å². The van der Waals surface area contributed by atoms with Crippen LogP contribution in [0.3, 0.4) is 0 Å². The molecule has 2 rings (SSSR count). The summed E-state index contributed by atoms with van der Waals surface area (Å²) in [4.78, 5) is -0.962. The average Bonchev–Trinajstić information content (AvgIpc) is 2.55. The highest BCUT2D eigenvalue weighted by molar-refractivity contribution is 7.89. The Labute approximate surface area is 145 Å². The number of aryl methyl sites for hydroxylation is 1. The van der Waals surface area contributed by atoms with Gasteiger partial charge in [0.15, 0.2) is 16.4 Å². The predicted molar refractivity (Wildman–Crippen MR) is 89.3 cm³/mol. The Hall–Kier alpha value is -2.19. The zero-order valence-electron chi connectivity index (χ0n) is 14.3. The number of halogens is 2. The number of rotatable bonds is 6. The van der Waals surface area contributed by atoms with Gasteiger partial charge in [0.05, 0.1) is 14.2 Å². The lowest BCUT2D eigenvalue weighted by molar-refractivity contribution is 0.353. The van der Waals surface area contributed by atoms with Gasteiger partial charge in [0, 0.05) is 13.6 Å². The van der Waals surface area contributed by atoms with Crippen LogP contribution in [0, 0.1) is 18.6 Å². The van der Waals surface area contributed by atoms with Crippen LogP contribution in [-0.4, -0.2) is 34.0 Å². The van der Waals surface area contributed by atoms with Gasteiger partial charge in [-0.25, -0.2) is 17.2 Å². The zero-order valence-corrected chi connectivity index (χ0v) is 15.2. The van der Waals surface area contributed by atoms with Gasteiger partial charge in [0.25, 0.3) is 0 Å². The van der Waals surface area contributed by atoms with Crippen molar-refractivity contribution in [3.8, 4) is 11.5 Å². The molecule has 5 nitrogen and oxygen atoms in total. The quantitative estimate of drug-likeness (QED) is 0.783. The Morgan fingerprint density at radius 1 is 1.04 bits per heavy atom. The van der Waals surface area contributed by atoms with Crippen LogP contribution in [0.25, 0.3) is 0 Å². The Morgan fingerprint density at radius 2 is 1.56 bits per heavy atom. The third-order valence-electron chi connectivity index (χ3n) is 3.82. The predicted octanol–water partition coefficient (Wildman–Crippen LogP) is 3.11. The monoisotopic (exact) mass is 371 g/mol. The lowest BCUT2D eigenvalue weighted by Gasteiger charge is -2.20. The van der Waals surface area contributed by atoms with Crippen molar-refractivity contribution in [3.05, 3.63) is 53.1 Å². The molecule has 2 aromatic carbocycles. The Kier molecular flexibility index (Phi) is 5.64. The Balaban J connectivity index is 2.41. The molecule has 0 saturated heterocycles. The van der Waals surface area contributed by atoms with Crippen LogP contribution in [0.5, 0.6) is 11.5 Å². The van der Waals surface area contributed by atoms with Crippen LogP contribution < -0.4 is 9.47 Å². The van der Waals surface area contributed by atoms with E-state index in [1.165, 1.54) is 21.3 Å². The molecule has 0 aliphatic heterocycles. The summed E-state index contributed by atoms with van der Waals surface area (Å²) in [6.45, 7) is 1.70. The minimum Gasteiger partial charge on any atom is -0.493 e. The van der Waals surface area contributed by atoms with E-state index in [1.807, 2.05) is 0 Å². The van der Waals surface area contributed by atoms with Crippen LogP contribution in [0.1, 0.15) is 11.1 Å². The lowest BCUT2D eigenvalue weighted by Crippen LogP contribution is -2.28. The summed E-state index contributed by atoms with van der Waals surface area (Å²) in [5.74, 6) is -1.31. The van der Waals surface area contributed by atoms with Gasteiger partial charge in [-0.3, -0.25) is 0 Å². The van der Waals surface area contributed by atoms with Crippen LogP contribution in [0.4, 0.5) is 8.78 Å². The SMILES string of the molecule is COc1cc(C)c(CN(C)S(=O)(=O)c2c(F)cccc2F)cc1OC. The number of hydrogen-bond acceptors (Lipinski definition) is 4. The van der Waals surface area contributed by atoms with Gasteiger partial charge in [-0.15, -0.1) is 0 Å². The standard InChI is InChI=1S/C17H19F2NO4S/c1-11-8-15(23-3)16(24-4)9-12(11)10-20(2)25(21,22)17-13(18)6-5-7-14(17)19/h5-9H,10H2,1-4H3. The molecule has 8 heteroatoms. The molecule has 0 aromatic heterocycles. The molecule has 0 saturated carbocycles. The molecular formula is C17H19F2NO4S. The van der Waals surface area contributed by atoms with Crippen molar-refractivity contribution in [2.75, 3.05) is 21.3 Å². The molecule has 0 N–H and O–H groups in total. The van der Waals surface area contributed by atoms with Crippen LogP contribution in [-0.2, 0) is 16.6 Å². The first-order chi connectivity index (χ1) is 11.7. The lowest BCUT2D eigenvalue weighted by atomic mass is 10.1. The fraction of sp³-hybridized carbons (Fsp3) is 0.294. The van der Waals surface area contributed by atoms with Crippen molar-refractivity contribution in [1.29, 1.82) is 0 Å². The Morgan fingerprint density at radius 3 is 2.08 bits per heavy atom. The second-order valence-corrected chi connectivity index (χ2v) is 7.43. The minimum atomic E-state index is -4.34. The van der Waals surface area contributed by atoms with Crippen LogP contribution in [0.2, 0.25) is 0 Å². The van der Waals surface area contributed by atoms with Crippen molar-refractivity contribution in [3.63, 3.8) is 0 Å². The summed E-state index contributed by atoms with van der Waals surface area (Å²) in [6, 6.07) is 6.27. The van der Waals surface area contributed by atoms with Gasteiger partial charge in [-0.1, -0.05) is 6.07 Å². The number of ether oxygens (including phenoxy) is 2. The average molecular weight is 371 g/mol. The highest BCUT2D eigenvalue weighted by Crippen LogP contribution is 2.31. The maximum Gasteiger partial charge on any atom is 0.248 e. The van der Waals surface area contributed by atoms with E-state index in [0.29, 0.717) is 17.1 Å². The van der Waals surface area contributed by atoms with Gasteiger partial charge >= 0.3 is 0 Å². The van der Waals surface area contributed by atoms with Crippen molar-refractivity contribution in [2.45, 2.75) is 18.4 Å². The summed E-state index contributed by atoms with van der Waals surface area (Å²) in [5, 5.41) is 0. The fourth-order valence-corrected chi connectivity index (χ4v) is 3.65. The summed E-state index contributed by atoms with van der Waals surface area (Å²) < 4.78 is 64.1. The topological polar surface area (TPSA) is 55.8 Å². The highest BCUT2D eigenvalue weighted by atomic mass is 32.2. The van der Waals surface area contributed by atoms with Crippen LogP contribution in [0.15, 0.2) is 35.2 Å². The van der Waals surface area contributed by atoms with Gasteiger partial charge in [-0.05, 0) is 42.3 Å². The molecular weight excluding hydrogens is 352 g/mol. The van der Waals surface area contributed by atoms with Crippen molar-refractivity contribution in [2.24, 2.45) is 0 Å². The van der Waals surface area contributed by atoms with E-state index in [0.717, 1.165) is 28.1 Å². The second kappa shape index (κ2) is 7.37. The van der Waals surface area contributed by atoms with Crippen LogP contribution >= 0.6 is 0 Å². The maximum absolute atomic E-state index is 13.9. The number of nitrogens with zero attached hydrogens (tertiary/aromatic N) is 1. The molecule has 0 radical (unpaired) electrons. The van der Waals surface area contributed by atoms with E-state index >= 15 is 0 Å². The first-order valence-corrected chi connectivity index (χ1v) is 8.78. The van der Waals surface area contributed by atoms with E-state index in [4.69, 9.17) is 9.47 Å². The smallest absolute Gasteiger partial charge is 0.248 e. The molecule has 0 aliphatic rings. The normalized spacial score (nSPS) is 11.6. The molecule has 0 amide bonds. The summed E-state index contributed by atoms with van der Waals surface area (Å²) in [7, 11) is -0.119. The maximum atomic E-state index is 13.9. The van der Waals surface area contributed by atoms with E-state index < -0.39 is 26.6 Å². The number of methoxy groups -OCH3 is 2. The molecule has 0 heterocycles. The molecule has 0 aliphatic carbocycles. The van der Waals surface area contributed by atoms with Gasteiger partial charge < -0.3 is 9.47 Å². The van der Waals surface area contributed by atoms with Crippen molar-refractivity contribution in [1.82, 2.24) is 4.31 Å². The number of hydrogen-bond donors (Lipinski definition) is 0. The first-order valence-electron chi connectivity index (χ1n) is 7.34. The third-order valence-corrected chi connectivity index (χ3v) is 5.68. The zero-order chi connectivity index (χ0) is 18.8. The minimum absolute atomic E-state index is 0.0811. The highest BCUT2D eigenvalue weighted by Gasteiger charge is 2.28. The molecule has 0 spiro atoms. The molecule has 0 fully saturated rings. The Bertz CT molecular complexity index is 864. The number of sulfonamides is 1. The molecule has 0 atom stereocenters. The molecule has 0 bridgehead atoms. The fourth-order valence-electron chi connectivity index (χ4n) is 2.40. The molecule has 2 aromatic rings. The van der Waals surface area contributed by atoms with E-state index in [2.05, 4.69) is 0 Å². The summed E-state index contributed by atoms with van der Waals surface area (Å²) >= 11 is 0. The first kappa shape index (κ1) is 19.1. The van der Waals surface area contributed by atoms with Gasteiger partial charge in [0.2, 0.25) is 10.0 Å². The van der Waals surface area contributed by atoms with Gasteiger partial charge in [0.1, 0.15) is 11.6 Å². The third kappa shape index (κ3) is 3.74. The largest absolute Gasteiger partial charge is 0.493 e. The summed E-state index contributed by atoms with van der Waals surface area (Å²) in [5.41, 5.74) is 1.38. The van der Waals surface area contributed by atoms with Gasteiger partial charge in [-0.2, -0.15) is 4.31 Å². The summed E-state index contributed by atoms with van der Waals surface area (Å²) in [6.07, 6.45) is 0. The van der Waals surface area contributed by atoms with Crippen molar-refractivity contribution < 1.29 is 26.7 Å².